The van der Waals surface area contributed by atoms with Gasteiger partial charge in [-0.1, -0.05) is 48.5 Å². The van der Waals surface area contributed by atoms with Crippen LogP contribution in [0.4, 0.5) is 0 Å². The summed E-state index contributed by atoms with van der Waals surface area (Å²) in [7, 11) is 0. The van der Waals surface area contributed by atoms with E-state index in [1.54, 1.807) is 0 Å². The quantitative estimate of drug-likeness (QED) is 0.763. The molecule has 0 amide bonds. The second-order valence-corrected chi connectivity index (χ2v) is 5.59. The SMILES string of the molecule is O=C(O)C1CC(c2ccccc2OCCc2ccccc2)NN1. The number of benzene rings is 2. The van der Waals surface area contributed by atoms with Gasteiger partial charge in [0.2, 0.25) is 0 Å². The number of carboxylic acid groups (broad SMARTS) is 1. The third-order valence-corrected chi connectivity index (χ3v) is 3.99. The molecule has 1 aliphatic rings. The number of carbonyl (C=O) groups is 1. The summed E-state index contributed by atoms with van der Waals surface area (Å²) in [5.41, 5.74) is 8.07. The fourth-order valence-corrected chi connectivity index (χ4v) is 2.75. The Balaban J connectivity index is 1.63. The van der Waals surface area contributed by atoms with Crippen molar-refractivity contribution in [2.75, 3.05) is 6.61 Å². The number of para-hydroxylation sites is 1. The van der Waals surface area contributed by atoms with Crippen molar-refractivity contribution in [3.05, 3.63) is 65.7 Å². The van der Waals surface area contributed by atoms with Gasteiger partial charge in [-0.2, -0.15) is 0 Å². The molecule has 0 spiro atoms. The van der Waals surface area contributed by atoms with Gasteiger partial charge in [-0.25, -0.2) is 10.9 Å². The highest BCUT2D eigenvalue weighted by Crippen LogP contribution is 2.30. The van der Waals surface area contributed by atoms with Gasteiger partial charge in [0.15, 0.2) is 0 Å². The monoisotopic (exact) mass is 312 g/mol. The van der Waals surface area contributed by atoms with Crippen molar-refractivity contribution in [1.29, 1.82) is 0 Å². The molecule has 0 saturated carbocycles. The Morgan fingerprint density at radius 2 is 1.83 bits per heavy atom. The molecule has 5 heteroatoms. The lowest BCUT2D eigenvalue weighted by atomic mass is 10.0. The molecule has 0 aromatic heterocycles. The maximum absolute atomic E-state index is 11.1. The van der Waals surface area contributed by atoms with Gasteiger partial charge in [0.05, 0.1) is 12.6 Å². The minimum absolute atomic E-state index is 0.0657. The van der Waals surface area contributed by atoms with Crippen molar-refractivity contribution in [3.63, 3.8) is 0 Å². The molecule has 3 N–H and O–H groups in total. The third-order valence-electron chi connectivity index (χ3n) is 3.99. The summed E-state index contributed by atoms with van der Waals surface area (Å²) in [6.07, 6.45) is 1.33. The first-order valence-electron chi connectivity index (χ1n) is 7.73. The van der Waals surface area contributed by atoms with E-state index in [0.29, 0.717) is 13.0 Å². The smallest absolute Gasteiger partial charge is 0.322 e. The second-order valence-electron chi connectivity index (χ2n) is 5.59. The van der Waals surface area contributed by atoms with E-state index < -0.39 is 12.0 Å². The van der Waals surface area contributed by atoms with Crippen LogP contribution in [0.1, 0.15) is 23.6 Å². The summed E-state index contributed by atoms with van der Waals surface area (Å²) in [4.78, 5) is 11.1. The zero-order valence-corrected chi connectivity index (χ0v) is 12.7. The Morgan fingerprint density at radius 3 is 2.57 bits per heavy atom. The third kappa shape index (κ3) is 3.88. The first-order chi connectivity index (χ1) is 11.2. The van der Waals surface area contributed by atoms with E-state index in [2.05, 4.69) is 23.0 Å². The second kappa shape index (κ2) is 7.26. The summed E-state index contributed by atoms with van der Waals surface area (Å²) in [6.45, 7) is 0.587. The molecule has 2 aromatic rings. The van der Waals surface area contributed by atoms with Crippen LogP contribution in [0.15, 0.2) is 54.6 Å². The molecule has 3 rings (SSSR count). The Hall–Kier alpha value is -2.37. The van der Waals surface area contributed by atoms with E-state index in [9.17, 15) is 4.79 Å². The number of rotatable bonds is 6. The molecule has 0 bridgehead atoms. The minimum atomic E-state index is -0.845. The van der Waals surface area contributed by atoms with Crippen LogP contribution in [0.2, 0.25) is 0 Å². The maximum atomic E-state index is 11.1. The van der Waals surface area contributed by atoms with Gasteiger partial charge in [-0.3, -0.25) is 4.79 Å². The average Bonchev–Trinajstić information content (AvgIpc) is 3.06. The van der Waals surface area contributed by atoms with Gasteiger partial charge in [0.25, 0.3) is 0 Å². The van der Waals surface area contributed by atoms with Crippen LogP contribution in [0.3, 0.4) is 0 Å². The topological polar surface area (TPSA) is 70.6 Å². The highest BCUT2D eigenvalue weighted by atomic mass is 16.5. The van der Waals surface area contributed by atoms with Crippen LogP contribution in [0, 0.1) is 0 Å². The molecule has 0 radical (unpaired) electrons. The predicted octanol–water partition coefficient (Wildman–Crippen LogP) is 2.30. The van der Waals surface area contributed by atoms with Crippen LogP contribution in [-0.4, -0.2) is 23.7 Å². The molecule has 2 aromatic carbocycles. The molecule has 0 aliphatic carbocycles. The molecule has 23 heavy (non-hydrogen) atoms. The number of hydrazine groups is 1. The van der Waals surface area contributed by atoms with Crippen molar-refractivity contribution < 1.29 is 14.6 Å². The fraction of sp³-hybridized carbons (Fsp3) is 0.278. The van der Waals surface area contributed by atoms with Crippen molar-refractivity contribution in [2.24, 2.45) is 0 Å². The number of nitrogens with one attached hydrogen (secondary N) is 2. The first kappa shape index (κ1) is 15.5. The van der Waals surface area contributed by atoms with Crippen molar-refractivity contribution in [2.45, 2.75) is 24.9 Å². The maximum Gasteiger partial charge on any atom is 0.322 e. The molecule has 1 heterocycles. The minimum Gasteiger partial charge on any atom is -0.493 e. The highest BCUT2D eigenvalue weighted by Gasteiger charge is 2.31. The molecule has 120 valence electrons. The summed E-state index contributed by atoms with van der Waals surface area (Å²) in [6, 6.07) is 17.3. The van der Waals surface area contributed by atoms with E-state index in [0.717, 1.165) is 17.7 Å². The first-order valence-corrected chi connectivity index (χ1v) is 7.73. The van der Waals surface area contributed by atoms with E-state index >= 15 is 0 Å². The lowest BCUT2D eigenvalue weighted by molar-refractivity contribution is -0.139. The zero-order chi connectivity index (χ0) is 16.1. The number of hydrogen-bond acceptors (Lipinski definition) is 4. The molecular formula is C18H20N2O3. The molecule has 5 nitrogen and oxygen atoms in total. The van der Waals surface area contributed by atoms with Gasteiger partial charge in [0, 0.05) is 12.0 Å². The molecule has 2 unspecified atom stereocenters. The highest BCUT2D eigenvalue weighted by molar-refractivity contribution is 5.73. The lowest BCUT2D eigenvalue weighted by Crippen LogP contribution is -2.36. The lowest BCUT2D eigenvalue weighted by Gasteiger charge is -2.16. The van der Waals surface area contributed by atoms with Gasteiger partial charge >= 0.3 is 5.97 Å². The zero-order valence-electron chi connectivity index (χ0n) is 12.7. The van der Waals surface area contributed by atoms with Gasteiger partial charge in [-0.15, -0.1) is 0 Å². The fourth-order valence-electron chi connectivity index (χ4n) is 2.75. The number of ether oxygens (including phenoxy) is 1. The van der Waals surface area contributed by atoms with Crippen LogP contribution in [-0.2, 0) is 11.2 Å². The summed E-state index contributed by atoms with van der Waals surface area (Å²) in [5.74, 6) is -0.0451. The van der Waals surface area contributed by atoms with Crippen molar-refractivity contribution in [1.82, 2.24) is 10.9 Å². The Labute approximate surface area is 135 Å². The van der Waals surface area contributed by atoms with E-state index in [4.69, 9.17) is 9.84 Å². The number of carboxylic acids is 1. The van der Waals surface area contributed by atoms with Crippen LogP contribution < -0.4 is 15.6 Å². The summed E-state index contributed by atoms with van der Waals surface area (Å²) in [5, 5.41) is 9.08. The molecule has 1 aliphatic heterocycles. The normalized spacial score (nSPS) is 20.3. The molecule has 1 saturated heterocycles. The molecular weight excluding hydrogens is 292 g/mol. The van der Waals surface area contributed by atoms with Gasteiger partial charge in [0.1, 0.15) is 11.8 Å². The van der Waals surface area contributed by atoms with Crippen molar-refractivity contribution >= 4 is 5.97 Å². The summed E-state index contributed by atoms with van der Waals surface area (Å²) < 4.78 is 5.93. The van der Waals surface area contributed by atoms with Gasteiger partial charge in [-0.05, 0) is 18.1 Å². The largest absolute Gasteiger partial charge is 0.493 e. The molecule has 2 atom stereocenters. The standard InChI is InChI=1S/C18H20N2O3/c21-18(22)16-12-15(19-20-16)14-8-4-5-9-17(14)23-11-10-13-6-2-1-3-7-13/h1-9,15-16,19-20H,10-12H2,(H,21,22). The predicted molar refractivity (Wildman–Crippen MR) is 87.1 cm³/mol. The van der Waals surface area contributed by atoms with Crippen LogP contribution in [0.25, 0.3) is 0 Å². The average molecular weight is 312 g/mol. The Morgan fingerprint density at radius 1 is 1.09 bits per heavy atom. The summed E-state index contributed by atoms with van der Waals surface area (Å²) >= 11 is 0. The molecule has 1 fully saturated rings. The Bertz CT molecular complexity index is 660. The van der Waals surface area contributed by atoms with E-state index in [1.807, 2.05) is 42.5 Å². The van der Waals surface area contributed by atoms with Gasteiger partial charge < -0.3 is 9.84 Å². The van der Waals surface area contributed by atoms with E-state index in [-0.39, 0.29) is 6.04 Å². The van der Waals surface area contributed by atoms with Crippen molar-refractivity contribution in [3.8, 4) is 5.75 Å². The Kier molecular flexibility index (Phi) is 4.90. The van der Waals surface area contributed by atoms with Crippen LogP contribution >= 0.6 is 0 Å². The number of aliphatic carboxylic acids is 1. The van der Waals surface area contributed by atoms with Crippen LogP contribution in [0.5, 0.6) is 5.75 Å². The van der Waals surface area contributed by atoms with E-state index in [1.165, 1.54) is 5.56 Å². The number of hydrogen-bond donors (Lipinski definition) is 3.